The van der Waals surface area contributed by atoms with Gasteiger partial charge in [0, 0.05) is 36.1 Å². The first-order chi connectivity index (χ1) is 15.7. The molecule has 8 nitrogen and oxygen atoms in total. The predicted octanol–water partition coefficient (Wildman–Crippen LogP) is 2.73. The van der Waals surface area contributed by atoms with E-state index in [1.807, 2.05) is 44.1 Å². The highest BCUT2D eigenvalue weighted by molar-refractivity contribution is 5.93. The number of unbranched alkanes of at least 4 members (excludes halogenated alkanes) is 2. The Morgan fingerprint density at radius 1 is 1.15 bits per heavy atom. The van der Waals surface area contributed by atoms with E-state index < -0.39 is 6.04 Å². The predicted molar refractivity (Wildman–Crippen MR) is 131 cm³/mol. The lowest BCUT2D eigenvalue weighted by molar-refractivity contribution is -0.128. The topological polar surface area (TPSA) is 104 Å². The summed E-state index contributed by atoms with van der Waals surface area (Å²) in [5.41, 5.74) is 2.76. The number of aryl methyl sites for hydroxylation is 1. The van der Waals surface area contributed by atoms with Crippen LogP contribution in [0.3, 0.4) is 0 Å². The van der Waals surface area contributed by atoms with Crippen molar-refractivity contribution in [1.82, 2.24) is 20.5 Å². The maximum absolute atomic E-state index is 12.9. The van der Waals surface area contributed by atoms with Crippen LogP contribution in [-0.4, -0.2) is 67.8 Å². The van der Waals surface area contributed by atoms with Gasteiger partial charge in [-0.15, -0.1) is 0 Å². The molecule has 0 aliphatic carbocycles. The summed E-state index contributed by atoms with van der Waals surface area (Å²) in [6, 6.07) is 5.13. The molecule has 1 aromatic carbocycles. The van der Waals surface area contributed by atoms with Crippen molar-refractivity contribution in [2.75, 3.05) is 34.3 Å². The number of ketones is 1. The summed E-state index contributed by atoms with van der Waals surface area (Å²) in [6.45, 7) is 4.77. The van der Waals surface area contributed by atoms with E-state index in [4.69, 9.17) is 4.74 Å². The van der Waals surface area contributed by atoms with Gasteiger partial charge in [-0.1, -0.05) is 12.8 Å². The standard InChI is InChI=1S/C25H38N4O4/c1-17(30)9-7-6-8-10-23(25(32)26-13-14-29(3)4)28-24(31)16-20-18(2)27-22-12-11-19(33-5)15-21(20)22/h11-12,15,23,27H,6-10,13-14,16H2,1-5H3,(H,26,32)(H,28,31). The zero-order valence-electron chi connectivity index (χ0n) is 20.5. The number of ether oxygens (including phenoxy) is 1. The number of nitrogens with zero attached hydrogens (tertiary/aromatic N) is 1. The number of likely N-dealkylation sites (N-methyl/N-ethyl adjacent to an activating group) is 1. The highest BCUT2D eigenvalue weighted by Gasteiger charge is 2.22. The van der Waals surface area contributed by atoms with E-state index in [-0.39, 0.29) is 24.0 Å². The van der Waals surface area contributed by atoms with Gasteiger partial charge in [-0.05, 0) is 64.5 Å². The summed E-state index contributed by atoms with van der Waals surface area (Å²) in [5, 5.41) is 6.80. The first-order valence-electron chi connectivity index (χ1n) is 11.6. The molecule has 182 valence electrons. The molecule has 0 fully saturated rings. The number of carbonyl (C=O) groups excluding carboxylic acids is 3. The summed E-state index contributed by atoms with van der Waals surface area (Å²) in [4.78, 5) is 42.2. The van der Waals surface area contributed by atoms with Crippen LogP contribution in [0.25, 0.3) is 10.9 Å². The molecule has 3 N–H and O–H groups in total. The van der Waals surface area contributed by atoms with Crippen LogP contribution < -0.4 is 15.4 Å². The van der Waals surface area contributed by atoms with Crippen LogP contribution in [0.1, 0.15) is 50.3 Å². The van der Waals surface area contributed by atoms with Gasteiger partial charge in [-0.3, -0.25) is 9.59 Å². The lowest BCUT2D eigenvalue weighted by Gasteiger charge is -2.19. The molecule has 1 unspecified atom stereocenters. The summed E-state index contributed by atoms with van der Waals surface area (Å²) in [7, 11) is 5.50. The van der Waals surface area contributed by atoms with Crippen molar-refractivity contribution in [3.8, 4) is 5.75 Å². The largest absolute Gasteiger partial charge is 0.497 e. The summed E-state index contributed by atoms with van der Waals surface area (Å²) < 4.78 is 5.33. The third-order valence-electron chi connectivity index (χ3n) is 5.70. The molecule has 1 atom stereocenters. The van der Waals surface area contributed by atoms with E-state index in [1.54, 1.807) is 14.0 Å². The monoisotopic (exact) mass is 458 g/mol. The maximum Gasteiger partial charge on any atom is 0.242 e. The molecule has 33 heavy (non-hydrogen) atoms. The minimum Gasteiger partial charge on any atom is -0.497 e. The number of H-pyrrole nitrogens is 1. The Morgan fingerprint density at radius 3 is 2.58 bits per heavy atom. The number of carbonyl (C=O) groups is 3. The van der Waals surface area contributed by atoms with Crippen molar-refractivity contribution in [1.29, 1.82) is 0 Å². The van der Waals surface area contributed by atoms with E-state index in [1.165, 1.54) is 0 Å². The quantitative estimate of drug-likeness (QED) is 0.378. The molecular formula is C25H38N4O4. The van der Waals surface area contributed by atoms with Crippen molar-refractivity contribution < 1.29 is 19.1 Å². The highest BCUT2D eigenvalue weighted by atomic mass is 16.5. The third kappa shape index (κ3) is 8.53. The molecule has 0 aliphatic heterocycles. The second-order valence-electron chi connectivity index (χ2n) is 8.83. The molecule has 0 bridgehead atoms. The molecule has 8 heteroatoms. The van der Waals surface area contributed by atoms with Gasteiger partial charge in [-0.2, -0.15) is 0 Å². The van der Waals surface area contributed by atoms with Crippen LogP contribution in [0.5, 0.6) is 5.75 Å². The number of fused-ring (bicyclic) bond motifs is 1. The van der Waals surface area contributed by atoms with Gasteiger partial charge in [0.25, 0.3) is 0 Å². The van der Waals surface area contributed by atoms with Gasteiger partial charge in [-0.25, -0.2) is 0 Å². The lowest BCUT2D eigenvalue weighted by Crippen LogP contribution is -2.48. The first kappa shape index (κ1) is 26.4. The maximum atomic E-state index is 12.9. The van der Waals surface area contributed by atoms with Crippen LogP contribution in [0.2, 0.25) is 0 Å². The molecule has 0 saturated carbocycles. The fourth-order valence-corrected chi connectivity index (χ4v) is 3.82. The number of methoxy groups -OCH3 is 1. The van der Waals surface area contributed by atoms with Crippen LogP contribution in [-0.2, 0) is 20.8 Å². The van der Waals surface area contributed by atoms with Gasteiger partial charge in [0.2, 0.25) is 11.8 Å². The van der Waals surface area contributed by atoms with Crippen molar-refractivity contribution in [2.45, 2.75) is 58.4 Å². The lowest BCUT2D eigenvalue weighted by atomic mass is 10.0. The Labute approximate surface area is 196 Å². The number of aromatic nitrogens is 1. The van der Waals surface area contributed by atoms with E-state index >= 15 is 0 Å². The van der Waals surface area contributed by atoms with Gasteiger partial charge in [0.1, 0.15) is 17.6 Å². The Balaban J connectivity index is 2.04. The van der Waals surface area contributed by atoms with E-state index in [2.05, 4.69) is 15.6 Å². The zero-order valence-corrected chi connectivity index (χ0v) is 20.5. The molecular weight excluding hydrogens is 420 g/mol. The Bertz CT molecular complexity index is 951. The second kappa shape index (κ2) is 13.0. The van der Waals surface area contributed by atoms with Crippen molar-refractivity contribution in [3.63, 3.8) is 0 Å². The normalized spacial score (nSPS) is 12.1. The summed E-state index contributed by atoms with van der Waals surface area (Å²) >= 11 is 0. The number of benzene rings is 1. The number of nitrogens with one attached hydrogen (secondary N) is 3. The Kier molecular flexibility index (Phi) is 10.4. The average Bonchev–Trinajstić information content (AvgIpc) is 3.06. The molecule has 0 aliphatic rings. The number of hydrogen-bond acceptors (Lipinski definition) is 5. The molecule has 0 saturated heterocycles. The van der Waals surface area contributed by atoms with E-state index in [0.717, 1.165) is 53.7 Å². The fraction of sp³-hybridized carbons (Fsp3) is 0.560. The van der Waals surface area contributed by atoms with Gasteiger partial charge in [0.15, 0.2) is 0 Å². The van der Waals surface area contributed by atoms with Crippen LogP contribution in [0, 0.1) is 6.92 Å². The van der Waals surface area contributed by atoms with E-state index in [9.17, 15) is 14.4 Å². The van der Waals surface area contributed by atoms with Gasteiger partial charge >= 0.3 is 0 Å². The molecule has 0 radical (unpaired) electrons. The minimum atomic E-state index is -0.600. The fourth-order valence-electron chi connectivity index (χ4n) is 3.82. The average molecular weight is 459 g/mol. The molecule has 2 amide bonds. The van der Waals surface area contributed by atoms with Crippen molar-refractivity contribution in [2.24, 2.45) is 0 Å². The SMILES string of the molecule is COc1ccc2[nH]c(C)c(CC(=O)NC(CCCCCC(C)=O)C(=O)NCCN(C)C)c2c1. The van der Waals surface area contributed by atoms with Gasteiger partial charge in [0.05, 0.1) is 13.5 Å². The molecule has 1 heterocycles. The molecule has 2 rings (SSSR count). The molecule has 2 aromatic rings. The number of rotatable bonds is 14. The zero-order chi connectivity index (χ0) is 24.4. The van der Waals surface area contributed by atoms with Gasteiger partial charge < -0.3 is 30.0 Å². The van der Waals surface area contributed by atoms with Crippen molar-refractivity contribution >= 4 is 28.5 Å². The molecule has 0 spiro atoms. The highest BCUT2D eigenvalue weighted by Crippen LogP contribution is 2.26. The smallest absolute Gasteiger partial charge is 0.242 e. The van der Waals surface area contributed by atoms with E-state index in [0.29, 0.717) is 19.4 Å². The Morgan fingerprint density at radius 2 is 1.91 bits per heavy atom. The second-order valence-corrected chi connectivity index (χ2v) is 8.83. The number of aromatic amines is 1. The summed E-state index contributed by atoms with van der Waals surface area (Å²) in [5.74, 6) is 0.534. The minimum absolute atomic E-state index is 0.171. The Hall–Kier alpha value is -2.87. The van der Waals surface area contributed by atoms with Crippen LogP contribution >= 0.6 is 0 Å². The third-order valence-corrected chi connectivity index (χ3v) is 5.70. The van der Waals surface area contributed by atoms with Crippen LogP contribution in [0.15, 0.2) is 18.2 Å². The number of hydrogen-bond donors (Lipinski definition) is 3. The molecule has 1 aromatic heterocycles. The summed E-state index contributed by atoms with van der Waals surface area (Å²) in [6.07, 6.45) is 3.67. The first-order valence-corrected chi connectivity index (χ1v) is 11.6. The number of amides is 2. The van der Waals surface area contributed by atoms with Crippen LogP contribution in [0.4, 0.5) is 0 Å². The number of Topliss-reactive ketones (excluding diaryl/α,β-unsaturated/α-hetero) is 1. The van der Waals surface area contributed by atoms with Crippen molar-refractivity contribution in [3.05, 3.63) is 29.5 Å².